The molecule has 33 heavy (non-hydrogen) atoms. The average molecular weight is 483 g/mol. The number of carbonyl (C=O) groups is 2. The minimum atomic E-state index is -3.83. The highest BCUT2D eigenvalue weighted by Gasteiger charge is 2.20. The first-order valence-corrected chi connectivity index (χ1v) is 12.0. The Balaban J connectivity index is 1.47. The number of ether oxygens (including phenoxy) is 1. The number of anilines is 1. The molecule has 9 nitrogen and oxygen atoms in total. The highest BCUT2D eigenvalue weighted by atomic mass is 32.2. The average Bonchev–Trinajstić information content (AvgIpc) is 3.48. The van der Waals surface area contributed by atoms with Gasteiger partial charge in [0.2, 0.25) is 10.0 Å². The number of esters is 1. The molecule has 0 aliphatic carbocycles. The Morgan fingerprint density at radius 1 is 1.03 bits per heavy atom. The topological polar surface area (TPSA) is 133 Å². The second-order valence-electron chi connectivity index (χ2n) is 6.83. The maximum Gasteiger partial charge on any atom is 0.357 e. The molecule has 0 unspecified atom stereocenters. The molecule has 2 aromatic carbocycles. The molecular formula is C22H18N4O5S2. The normalized spacial score (nSPS) is 11.2. The van der Waals surface area contributed by atoms with Crippen molar-refractivity contribution < 1.29 is 22.7 Å². The summed E-state index contributed by atoms with van der Waals surface area (Å²) in [5.74, 6) is -1.30. The number of benzene rings is 2. The molecule has 4 rings (SSSR count). The molecule has 1 amide bonds. The van der Waals surface area contributed by atoms with Crippen LogP contribution in [0.5, 0.6) is 0 Å². The molecule has 0 saturated heterocycles. The molecule has 2 heterocycles. The summed E-state index contributed by atoms with van der Waals surface area (Å²) in [5, 5.41) is 14.0. The summed E-state index contributed by atoms with van der Waals surface area (Å²) >= 11 is 1.49. The van der Waals surface area contributed by atoms with E-state index in [1.807, 2.05) is 35.7 Å². The Morgan fingerprint density at radius 3 is 2.39 bits per heavy atom. The molecule has 0 bridgehead atoms. The summed E-state index contributed by atoms with van der Waals surface area (Å²) in [4.78, 5) is 25.8. The highest BCUT2D eigenvalue weighted by molar-refractivity contribution is 7.89. The lowest BCUT2D eigenvalue weighted by molar-refractivity contribution is -0.119. The maximum absolute atomic E-state index is 12.8. The van der Waals surface area contributed by atoms with Crippen LogP contribution in [-0.2, 0) is 19.6 Å². The number of para-hydroxylation sites is 1. The summed E-state index contributed by atoms with van der Waals surface area (Å²) in [5.41, 5.74) is 1.79. The number of amides is 1. The fraction of sp³-hybridized carbons (Fsp3) is 0.0455. The summed E-state index contributed by atoms with van der Waals surface area (Å²) in [6, 6.07) is 19.8. The summed E-state index contributed by atoms with van der Waals surface area (Å²) in [6.07, 6.45) is 0. The summed E-state index contributed by atoms with van der Waals surface area (Å²) < 4.78 is 29.3. The van der Waals surface area contributed by atoms with Gasteiger partial charge in [-0.2, -0.15) is 5.10 Å². The van der Waals surface area contributed by atoms with E-state index in [1.165, 1.54) is 40.3 Å². The first-order chi connectivity index (χ1) is 15.8. The van der Waals surface area contributed by atoms with Crippen LogP contribution >= 0.6 is 11.3 Å². The maximum atomic E-state index is 12.8. The highest BCUT2D eigenvalue weighted by Crippen LogP contribution is 2.26. The third kappa shape index (κ3) is 5.34. The quantitative estimate of drug-likeness (QED) is 0.389. The number of primary sulfonamides is 1. The van der Waals surface area contributed by atoms with E-state index in [2.05, 4.69) is 10.4 Å². The third-order valence-corrected chi connectivity index (χ3v) is 6.32. The van der Waals surface area contributed by atoms with Crippen LogP contribution in [0.1, 0.15) is 10.5 Å². The molecule has 0 radical (unpaired) electrons. The second kappa shape index (κ2) is 9.36. The van der Waals surface area contributed by atoms with Crippen molar-refractivity contribution in [3.05, 3.63) is 83.9 Å². The largest absolute Gasteiger partial charge is 0.451 e. The molecule has 11 heteroatoms. The van der Waals surface area contributed by atoms with Gasteiger partial charge in [-0.15, -0.1) is 11.3 Å². The zero-order valence-electron chi connectivity index (χ0n) is 17.0. The summed E-state index contributed by atoms with van der Waals surface area (Å²) in [7, 11) is -3.83. The molecule has 0 spiro atoms. The first kappa shape index (κ1) is 22.4. The van der Waals surface area contributed by atoms with Crippen molar-refractivity contribution in [2.75, 3.05) is 11.9 Å². The van der Waals surface area contributed by atoms with Gasteiger partial charge < -0.3 is 10.1 Å². The van der Waals surface area contributed by atoms with Crippen molar-refractivity contribution in [3.8, 4) is 16.3 Å². The molecule has 0 saturated carbocycles. The van der Waals surface area contributed by atoms with Gasteiger partial charge in [0.1, 0.15) is 5.69 Å². The number of thiophene rings is 1. The molecular weight excluding hydrogens is 464 g/mol. The van der Waals surface area contributed by atoms with Crippen LogP contribution in [0.2, 0.25) is 0 Å². The lowest BCUT2D eigenvalue weighted by Gasteiger charge is -2.09. The van der Waals surface area contributed by atoms with E-state index in [0.29, 0.717) is 17.1 Å². The van der Waals surface area contributed by atoms with Crippen LogP contribution in [0, 0.1) is 0 Å². The second-order valence-corrected chi connectivity index (χ2v) is 9.34. The van der Waals surface area contributed by atoms with Crippen molar-refractivity contribution in [1.29, 1.82) is 0 Å². The van der Waals surface area contributed by atoms with Gasteiger partial charge in [0.25, 0.3) is 5.91 Å². The molecule has 4 aromatic rings. The molecule has 168 valence electrons. The minimum absolute atomic E-state index is 0.0809. The standard InChI is InChI=1S/C22H18N4O5S2/c23-33(29,30)17-10-8-15(9-11-17)24-21(27)14-31-22(28)19-13-18(20-7-4-12-32-20)25-26(19)16-5-2-1-3-6-16/h1-13H,14H2,(H,24,27)(H2,23,29,30). The van der Waals surface area contributed by atoms with Crippen molar-refractivity contribution in [1.82, 2.24) is 9.78 Å². The molecule has 0 atom stereocenters. The van der Waals surface area contributed by atoms with Crippen molar-refractivity contribution in [2.45, 2.75) is 4.90 Å². The number of carbonyl (C=O) groups excluding carboxylic acids is 2. The number of nitrogens with zero attached hydrogens (tertiary/aromatic N) is 2. The Bertz CT molecular complexity index is 1380. The van der Waals surface area contributed by atoms with E-state index in [-0.39, 0.29) is 10.6 Å². The number of aromatic nitrogens is 2. The first-order valence-electron chi connectivity index (χ1n) is 9.60. The van der Waals surface area contributed by atoms with E-state index >= 15 is 0 Å². The molecule has 0 fully saturated rings. The van der Waals surface area contributed by atoms with Gasteiger partial charge >= 0.3 is 5.97 Å². The van der Waals surface area contributed by atoms with Crippen LogP contribution in [0.4, 0.5) is 5.69 Å². The Morgan fingerprint density at radius 2 is 1.76 bits per heavy atom. The minimum Gasteiger partial charge on any atom is -0.451 e. The van der Waals surface area contributed by atoms with E-state index in [4.69, 9.17) is 9.88 Å². The lowest BCUT2D eigenvalue weighted by Crippen LogP contribution is -2.22. The number of hydrogen-bond donors (Lipinski definition) is 2. The van der Waals surface area contributed by atoms with Crippen LogP contribution in [0.25, 0.3) is 16.3 Å². The number of rotatable bonds is 7. The smallest absolute Gasteiger partial charge is 0.357 e. The number of hydrogen-bond acceptors (Lipinski definition) is 7. The van der Waals surface area contributed by atoms with E-state index in [0.717, 1.165) is 4.88 Å². The number of nitrogens with one attached hydrogen (secondary N) is 1. The monoisotopic (exact) mass is 482 g/mol. The van der Waals surface area contributed by atoms with Gasteiger partial charge in [0, 0.05) is 11.8 Å². The number of sulfonamides is 1. The van der Waals surface area contributed by atoms with Gasteiger partial charge in [-0.1, -0.05) is 24.3 Å². The molecule has 0 aliphatic heterocycles. The predicted molar refractivity (Wildman–Crippen MR) is 124 cm³/mol. The van der Waals surface area contributed by atoms with Gasteiger partial charge in [0.15, 0.2) is 12.3 Å². The molecule has 0 aliphatic rings. The van der Waals surface area contributed by atoms with Crippen LogP contribution in [-0.4, -0.2) is 36.7 Å². The fourth-order valence-corrected chi connectivity index (χ4v) is 4.16. The van der Waals surface area contributed by atoms with Crippen LogP contribution < -0.4 is 10.5 Å². The Labute approximate surface area is 193 Å². The fourth-order valence-electron chi connectivity index (χ4n) is 2.97. The Kier molecular flexibility index (Phi) is 6.36. The summed E-state index contributed by atoms with van der Waals surface area (Å²) in [6.45, 7) is -0.538. The van der Waals surface area contributed by atoms with E-state index < -0.39 is 28.5 Å². The van der Waals surface area contributed by atoms with E-state index in [1.54, 1.807) is 18.2 Å². The van der Waals surface area contributed by atoms with Crippen LogP contribution in [0.15, 0.2) is 83.1 Å². The molecule has 3 N–H and O–H groups in total. The van der Waals surface area contributed by atoms with Gasteiger partial charge in [-0.25, -0.2) is 23.0 Å². The third-order valence-electron chi connectivity index (χ3n) is 4.49. The Hall–Kier alpha value is -3.80. The van der Waals surface area contributed by atoms with Gasteiger partial charge in [-0.05, 0) is 47.8 Å². The SMILES string of the molecule is NS(=O)(=O)c1ccc(NC(=O)COC(=O)c2cc(-c3cccs3)nn2-c2ccccc2)cc1. The van der Waals surface area contributed by atoms with Crippen molar-refractivity contribution in [2.24, 2.45) is 5.14 Å². The molecule has 2 aromatic heterocycles. The van der Waals surface area contributed by atoms with Gasteiger partial charge in [-0.3, -0.25) is 4.79 Å². The van der Waals surface area contributed by atoms with Crippen molar-refractivity contribution in [3.63, 3.8) is 0 Å². The van der Waals surface area contributed by atoms with Crippen molar-refractivity contribution >= 4 is 38.9 Å². The zero-order chi connectivity index (χ0) is 23.4. The lowest BCUT2D eigenvalue weighted by atomic mass is 10.3. The van der Waals surface area contributed by atoms with E-state index in [9.17, 15) is 18.0 Å². The predicted octanol–water partition coefficient (Wildman–Crippen LogP) is 3.04. The zero-order valence-corrected chi connectivity index (χ0v) is 18.7. The van der Waals surface area contributed by atoms with Crippen LogP contribution in [0.3, 0.4) is 0 Å². The number of nitrogens with two attached hydrogens (primary N) is 1. The van der Waals surface area contributed by atoms with Gasteiger partial charge in [0.05, 0.1) is 15.5 Å².